The number of anilines is 1. The maximum Gasteiger partial charge on any atom is 0.182 e. The fourth-order valence-electron chi connectivity index (χ4n) is 1.15. The molecule has 2 heterocycles. The number of nitrogens with one attached hydrogen (secondary N) is 1. The number of nitrogens with zero attached hydrogens (tertiary/aromatic N) is 4. The first-order valence-electron chi connectivity index (χ1n) is 3.64. The van der Waals surface area contributed by atoms with Gasteiger partial charge in [0.2, 0.25) is 0 Å². The van der Waals surface area contributed by atoms with Gasteiger partial charge in [-0.05, 0) is 0 Å². The van der Waals surface area contributed by atoms with Crippen LogP contribution >= 0.6 is 0 Å². The minimum absolute atomic E-state index is 0.793. The Morgan fingerprint density at radius 3 is 3.00 bits per heavy atom. The molecule has 0 saturated heterocycles. The summed E-state index contributed by atoms with van der Waals surface area (Å²) in [6.45, 7) is 0. The lowest BCUT2D eigenvalue weighted by Crippen LogP contribution is -1.95. The van der Waals surface area contributed by atoms with Crippen molar-refractivity contribution >= 4 is 16.7 Å². The lowest BCUT2D eigenvalue weighted by atomic mass is 10.3. The van der Waals surface area contributed by atoms with Gasteiger partial charge in [0.05, 0.1) is 23.5 Å². The molecule has 0 aliphatic carbocycles. The van der Waals surface area contributed by atoms with Crippen LogP contribution in [0.25, 0.3) is 11.0 Å². The van der Waals surface area contributed by atoms with E-state index in [1.807, 2.05) is 14.1 Å². The van der Waals surface area contributed by atoms with Gasteiger partial charge in [-0.1, -0.05) is 0 Å². The van der Waals surface area contributed by atoms with Crippen molar-refractivity contribution in [2.45, 2.75) is 0 Å². The van der Waals surface area contributed by atoms with Crippen LogP contribution < -0.4 is 5.32 Å². The molecular formula is C7H9N5. The summed E-state index contributed by atoms with van der Waals surface area (Å²) in [5, 5.41) is 15.9. The summed E-state index contributed by atoms with van der Waals surface area (Å²) in [6.07, 6.45) is 3.46. The number of aromatic nitrogens is 4. The van der Waals surface area contributed by atoms with Crippen molar-refractivity contribution in [1.82, 2.24) is 20.0 Å². The first-order valence-corrected chi connectivity index (χ1v) is 3.64. The lowest BCUT2D eigenvalue weighted by Gasteiger charge is -1.98. The van der Waals surface area contributed by atoms with Gasteiger partial charge in [0.25, 0.3) is 0 Å². The van der Waals surface area contributed by atoms with Crippen LogP contribution in [0.2, 0.25) is 0 Å². The molecule has 0 spiro atoms. The van der Waals surface area contributed by atoms with Crippen molar-refractivity contribution < 1.29 is 0 Å². The Labute approximate surface area is 69.4 Å². The van der Waals surface area contributed by atoms with Crippen LogP contribution in [0.1, 0.15) is 0 Å². The molecule has 2 rings (SSSR count). The average molecular weight is 163 g/mol. The predicted molar refractivity (Wildman–Crippen MR) is 45.9 cm³/mol. The Bertz CT molecular complexity index is 405. The van der Waals surface area contributed by atoms with E-state index < -0.39 is 0 Å². The van der Waals surface area contributed by atoms with Crippen LogP contribution in [0.5, 0.6) is 0 Å². The molecule has 0 aliphatic rings. The van der Waals surface area contributed by atoms with Crippen LogP contribution in [-0.4, -0.2) is 27.0 Å². The molecule has 0 unspecified atom stereocenters. The standard InChI is InChI=1S/C7H9N5/c1-8-6-4-9-11-7-5(6)3-10-12(7)2/h3-4H,1-2H3,(H,8,11). The summed E-state index contributed by atoms with van der Waals surface area (Å²) >= 11 is 0. The molecule has 0 amide bonds. The van der Waals surface area contributed by atoms with Crippen molar-refractivity contribution in [2.24, 2.45) is 7.05 Å². The van der Waals surface area contributed by atoms with Crippen LogP contribution in [0.4, 0.5) is 5.69 Å². The fourth-order valence-corrected chi connectivity index (χ4v) is 1.15. The summed E-state index contributed by atoms with van der Waals surface area (Å²) in [4.78, 5) is 0. The molecule has 0 fully saturated rings. The number of rotatable bonds is 1. The van der Waals surface area contributed by atoms with Gasteiger partial charge in [-0.3, -0.25) is 0 Å². The molecule has 1 N–H and O–H groups in total. The van der Waals surface area contributed by atoms with E-state index in [0.29, 0.717) is 0 Å². The number of fused-ring (bicyclic) bond motifs is 1. The summed E-state index contributed by atoms with van der Waals surface area (Å²) in [5.74, 6) is 0. The third kappa shape index (κ3) is 0.827. The number of aryl methyl sites for hydroxylation is 1. The van der Waals surface area contributed by atoms with Crippen LogP contribution in [0, 0.1) is 0 Å². The molecule has 0 radical (unpaired) electrons. The molecule has 2 aromatic heterocycles. The fraction of sp³-hybridized carbons (Fsp3) is 0.286. The van der Waals surface area contributed by atoms with E-state index in [1.165, 1.54) is 0 Å². The lowest BCUT2D eigenvalue weighted by molar-refractivity contribution is 0.777. The maximum absolute atomic E-state index is 4.08. The molecule has 2 aromatic rings. The molecule has 0 saturated carbocycles. The molecule has 5 nitrogen and oxygen atoms in total. The minimum atomic E-state index is 0.793. The van der Waals surface area contributed by atoms with E-state index in [-0.39, 0.29) is 0 Å². The SMILES string of the molecule is CNc1cnnc2c1cnn2C. The molecule has 0 bridgehead atoms. The molecular weight excluding hydrogens is 154 g/mol. The predicted octanol–water partition coefficient (Wildman–Crippen LogP) is 0.405. The van der Waals surface area contributed by atoms with Crippen LogP contribution in [-0.2, 0) is 7.05 Å². The molecule has 5 heteroatoms. The van der Waals surface area contributed by atoms with E-state index in [0.717, 1.165) is 16.7 Å². The molecule has 0 aromatic carbocycles. The Kier molecular flexibility index (Phi) is 1.43. The third-order valence-corrected chi connectivity index (χ3v) is 1.81. The monoisotopic (exact) mass is 163 g/mol. The van der Waals surface area contributed by atoms with E-state index in [2.05, 4.69) is 20.6 Å². The topological polar surface area (TPSA) is 55.6 Å². The summed E-state index contributed by atoms with van der Waals surface area (Å²) in [7, 11) is 3.69. The smallest absolute Gasteiger partial charge is 0.182 e. The number of hydrogen-bond acceptors (Lipinski definition) is 4. The van der Waals surface area contributed by atoms with Crippen LogP contribution in [0.3, 0.4) is 0 Å². The van der Waals surface area contributed by atoms with Gasteiger partial charge in [-0.2, -0.15) is 10.2 Å². The van der Waals surface area contributed by atoms with Crippen LogP contribution in [0.15, 0.2) is 12.4 Å². The summed E-state index contributed by atoms with van der Waals surface area (Å²) in [5.41, 5.74) is 1.75. The second kappa shape index (κ2) is 2.44. The normalized spacial score (nSPS) is 10.5. The highest BCUT2D eigenvalue weighted by atomic mass is 15.3. The molecule has 12 heavy (non-hydrogen) atoms. The van der Waals surface area contributed by atoms with Crippen molar-refractivity contribution in [1.29, 1.82) is 0 Å². The van der Waals surface area contributed by atoms with Gasteiger partial charge < -0.3 is 5.32 Å². The van der Waals surface area contributed by atoms with E-state index in [1.54, 1.807) is 17.1 Å². The quantitative estimate of drug-likeness (QED) is 0.661. The van der Waals surface area contributed by atoms with Crippen molar-refractivity contribution in [3.8, 4) is 0 Å². The Balaban J connectivity index is 2.81. The van der Waals surface area contributed by atoms with Gasteiger partial charge in [-0.15, -0.1) is 5.10 Å². The van der Waals surface area contributed by atoms with E-state index in [4.69, 9.17) is 0 Å². The van der Waals surface area contributed by atoms with Crippen molar-refractivity contribution in [2.75, 3.05) is 12.4 Å². The van der Waals surface area contributed by atoms with E-state index in [9.17, 15) is 0 Å². The zero-order valence-electron chi connectivity index (χ0n) is 6.94. The molecule has 0 aliphatic heterocycles. The highest BCUT2D eigenvalue weighted by Gasteiger charge is 2.04. The Morgan fingerprint density at radius 1 is 1.42 bits per heavy atom. The summed E-state index contributed by atoms with van der Waals surface area (Å²) < 4.78 is 1.70. The molecule has 0 atom stereocenters. The van der Waals surface area contributed by atoms with E-state index >= 15 is 0 Å². The summed E-state index contributed by atoms with van der Waals surface area (Å²) in [6, 6.07) is 0. The van der Waals surface area contributed by atoms with Crippen molar-refractivity contribution in [3.63, 3.8) is 0 Å². The zero-order valence-corrected chi connectivity index (χ0v) is 6.94. The highest BCUT2D eigenvalue weighted by molar-refractivity contribution is 5.87. The van der Waals surface area contributed by atoms with Gasteiger partial charge in [0, 0.05) is 14.1 Å². The largest absolute Gasteiger partial charge is 0.386 e. The van der Waals surface area contributed by atoms with Gasteiger partial charge in [-0.25, -0.2) is 4.68 Å². The maximum atomic E-state index is 4.08. The Morgan fingerprint density at radius 2 is 2.25 bits per heavy atom. The van der Waals surface area contributed by atoms with Gasteiger partial charge in [0.1, 0.15) is 0 Å². The Hall–Kier alpha value is -1.65. The second-order valence-corrected chi connectivity index (χ2v) is 2.51. The second-order valence-electron chi connectivity index (χ2n) is 2.51. The van der Waals surface area contributed by atoms with Gasteiger partial charge >= 0.3 is 0 Å². The average Bonchev–Trinajstić information content (AvgIpc) is 2.48. The highest BCUT2D eigenvalue weighted by Crippen LogP contribution is 2.17. The first kappa shape index (κ1) is 7.02. The van der Waals surface area contributed by atoms with Gasteiger partial charge in [0.15, 0.2) is 5.65 Å². The minimum Gasteiger partial charge on any atom is -0.386 e. The molecule has 62 valence electrons. The van der Waals surface area contributed by atoms with Crippen molar-refractivity contribution in [3.05, 3.63) is 12.4 Å². The number of hydrogen-bond donors (Lipinski definition) is 1. The zero-order chi connectivity index (χ0) is 8.55. The first-order chi connectivity index (χ1) is 5.83. The third-order valence-electron chi connectivity index (χ3n) is 1.81.